The van der Waals surface area contributed by atoms with Crippen LogP contribution in [0.2, 0.25) is 0 Å². The lowest BCUT2D eigenvalue weighted by Crippen LogP contribution is -2.57. The smallest absolute Gasteiger partial charge is 0.320 e. The summed E-state index contributed by atoms with van der Waals surface area (Å²) in [5.74, 6) is -0.703. The highest BCUT2D eigenvalue weighted by atomic mass is 16.4. The number of rotatable bonds is 4. The first-order valence-corrected chi connectivity index (χ1v) is 6.27. The predicted molar refractivity (Wildman–Crippen MR) is 62.7 cm³/mol. The van der Waals surface area contributed by atoms with E-state index < -0.39 is 5.97 Å². The van der Waals surface area contributed by atoms with Gasteiger partial charge in [0.1, 0.15) is 0 Å². The average molecular weight is 240 g/mol. The van der Waals surface area contributed by atoms with E-state index in [4.69, 9.17) is 5.11 Å². The molecule has 1 aliphatic heterocycles. The zero-order valence-electron chi connectivity index (χ0n) is 10.4. The lowest BCUT2D eigenvalue weighted by atomic mass is 10.0. The third-order valence-electron chi connectivity index (χ3n) is 3.30. The zero-order valence-corrected chi connectivity index (χ0v) is 10.4. The van der Waals surface area contributed by atoms with Crippen LogP contribution >= 0.6 is 0 Å². The number of likely N-dealkylation sites (tertiary alicyclic amines) is 1. The summed E-state index contributed by atoms with van der Waals surface area (Å²) in [5.41, 5.74) is 0. The Morgan fingerprint density at radius 3 is 2.35 bits per heavy atom. The van der Waals surface area contributed by atoms with E-state index in [1.54, 1.807) is 4.90 Å². The van der Waals surface area contributed by atoms with Gasteiger partial charge in [-0.3, -0.25) is 4.79 Å². The topological polar surface area (TPSA) is 60.9 Å². The number of hydrogen-bond donors (Lipinski definition) is 1. The first-order valence-electron chi connectivity index (χ1n) is 6.27. The molecule has 0 radical (unpaired) electrons. The molecular weight excluding hydrogens is 220 g/mol. The number of carboxylic acids is 1. The minimum absolute atomic E-state index is 0.0266. The minimum Gasteiger partial charge on any atom is -0.481 e. The maximum Gasteiger partial charge on any atom is 0.320 e. The van der Waals surface area contributed by atoms with Gasteiger partial charge in [0.25, 0.3) is 0 Å². The number of aliphatic carboxylic acids is 1. The van der Waals surface area contributed by atoms with Gasteiger partial charge in [0, 0.05) is 25.7 Å². The molecule has 1 aliphatic carbocycles. The van der Waals surface area contributed by atoms with Gasteiger partial charge in [-0.2, -0.15) is 0 Å². The molecule has 1 saturated carbocycles. The minimum atomic E-state index is -0.795. The Balaban J connectivity index is 1.87. The van der Waals surface area contributed by atoms with E-state index in [2.05, 4.69) is 13.8 Å². The van der Waals surface area contributed by atoms with E-state index in [-0.39, 0.29) is 11.9 Å². The molecule has 0 aromatic carbocycles. The summed E-state index contributed by atoms with van der Waals surface area (Å²) in [6, 6.07) is 0.424. The highest BCUT2D eigenvalue weighted by Gasteiger charge is 2.41. The first kappa shape index (κ1) is 12.2. The van der Waals surface area contributed by atoms with Gasteiger partial charge in [-0.1, -0.05) is 13.8 Å². The van der Waals surface area contributed by atoms with Crippen LogP contribution in [0.25, 0.3) is 0 Å². The van der Waals surface area contributed by atoms with Crippen LogP contribution < -0.4 is 0 Å². The van der Waals surface area contributed by atoms with Crippen molar-refractivity contribution in [3.63, 3.8) is 0 Å². The fourth-order valence-corrected chi connectivity index (χ4v) is 2.14. The molecule has 2 rings (SSSR count). The molecule has 1 heterocycles. The van der Waals surface area contributed by atoms with Gasteiger partial charge in [-0.05, 0) is 18.8 Å². The molecular formula is C12H20N2O3. The maximum atomic E-state index is 12.2. The Morgan fingerprint density at radius 2 is 1.94 bits per heavy atom. The number of amides is 2. The van der Waals surface area contributed by atoms with Crippen LogP contribution in [0.5, 0.6) is 0 Å². The standard InChI is InChI=1S/C12H20N2O3/c1-8(2)5-14(10-3-4-10)12(17)13-6-9(7-13)11(15)16/h8-10H,3-7H2,1-2H3,(H,15,16). The molecule has 0 atom stereocenters. The van der Waals surface area contributed by atoms with Gasteiger partial charge in [0.2, 0.25) is 0 Å². The molecule has 96 valence electrons. The Kier molecular flexibility index (Phi) is 3.26. The van der Waals surface area contributed by atoms with Gasteiger partial charge in [-0.25, -0.2) is 4.79 Å². The number of urea groups is 1. The second kappa shape index (κ2) is 4.55. The second-order valence-electron chi connectivity index (χ2n) is 5.50. The molecule has 0 aromatic rings. The van der Waals surface area contributed by atoms with E-state index in [1.165, 1.54) is 0 Å². The van der Waals surface area contributed by atoms with Crippen molar-refractivity contribution in [3.05, 3.63) is 0 Å². The first-order chi connectivity index (χ1) is 7.99. The Morgan fingerprint density at radius 1 is 1.35 bits per heavy atom. The molecule has 0 aromatic heterocycles. The van der Waals surface area contributed by atoms with E-state index in [0.29, 0.717) is 25.0 Å². The Hall–Kier alpha value is -1.26. The van der Waals surface area contributed by atoms with Gasteiger partial charge >= 0.3 is 12.0 Å². The van der Waals surface area contributed by atoms with Crippen molar-refractivity contribution in [1.29, 1.82) is 0 Å². The highest BCUT2D eigenvalue weighted by Crippen LogP contribution is 2.30. The van der Waals surface area contributed by atoms with Crippen LogP contribution in [-0.2, 0) is 4.79 Å². The summed E-state index contributed by atoms with van der Waals surface area (Å²) >= 11 is 0. The molecule has 2 aliphatic rings. The molecule has 0 unspecified atom stereocenters. The molecule has 17 heavy (non-hydrogen) atoms. The molecule has 2 fully saturated rings. The van der Waals surface area contributed by atoms with Crippen LogP contribution in [-0.4, -0.2) is 52.6 Å². The monoisotopic (exact) mass is 240 g/mol. The van der Waals surface area contributed by atoms with Gasteiger partial charge in [-0.15, -0.1) is 0 Å². The fourth-order valence-electron chi connectivity index (χ4n) is 2.14. The van der Waals surface area contributed by atoms with Crippen molar-refractivity contribution in [3.8, 4) is 0 Å². The molecule has 5 heteroatoms. The van der Waals surface area contributed by atoms with Crippen molar-refractivity contribution in [2.24, 2.45) is 11.8 Å². The molecule has 2 amide bonds. The molecule has 1 saturated heterocycles. The van der Waals surface area contributed by atoms with Gasteiger partial charge in [0.05, 0.1) is 5.92 Å². The molecule has 1 N–H and O–H groups in total. The maximum absolute atomic E-state index is 12.2. The third-order valence-corrected chi connectivity index (χ3v) is 3.30. The normalized spacial score (nSPS) is 20.3. The summed E-state index contributed by atoms with van der Waals surface area (Å²) in [4.78, 5) is 26.4. The Bertz CT molecular complexity index is 320. The summed E-state index contributed by atoms with van der Waals surface area (Å²) < 4.78 is 0. The second-order valence-corrected chi connectivity index (χ2v) is 5.50. The number of carboxylic acid groups (broad SMARTS) is 1. The highest BCUT2D eigenvalue weighted by molar-refractivity contribution is 5.80. The number of carbonyl (C=O) groups is 2. The fraction of sp³-hybridized carbons (Fsp3) is 0.833. The van der Waals surface area contributed by atoms with E-state index in [0.717, 1.165) is 19.4 Å². The molecule has 5 nitrogen and oxygen atoms in total. The van der Waals surface area contributed by atoms with E-state index in [1.807, 2.05) is 4.90 Å². The van der Waals surface area contributed by atoms with E-state index in [9.17, 15) is 9.59 Å². The van der Waals surface area contributed by atoms with Crippen LogP contribution in [0.4, 0.5) is 4.79 Å². The number of nitrogens with zero attached hydrogens (tertiary/aromatic N) is 2. The summed E-state index contributed by atoms with van der Waals surface area (Å²) in [5, 5.41) is 8.79. The summed E-state index contributed by atoms with van der Waals surface area (Å²) in [6.07, 6.45) is 2.18. The summed E-state index contributed by atoms with van der Waals surface area (Å²) in [6.45, 7) is 5.71. The van der Waals surface area contributed by atoms with Gasteiger partial charge < -0.3 is 14.9 Å². The summed E-state index contributed by atoms with van der Waals surface area (Å²) in [7, 11) is 0. The molecule has 0 spiro atoms. The van der Waals surface area contributed by atoms with Crippen LogP contribution in [0.15, 0.2) is 0 Å². The predicted octanol–water partition coefficient (Wildman–Crippen LogP) is 1.24. The van der Waals surface area contributed by atoms with E-state index >= 15 is 0 Å². The van der Waals surface area contributed by atoms with Crippen molar-refractivity contribution < 1.29 is 14.7 Å². The van der Waals surface area contributed by atoms with Crippen molar-refractivity contribution >= 4 is 12.0 Å². The quantitative estimate of drug-likeness (QED) is 0.804. The third kappa shape index (κ3) is 2.70. The van der Waals surface area contributed by atoms with Crippen LogP contribution in [0.3, 0.4) is 0 Å². The zero-order chi connectivity index (χ0) is 12.6. The van der Waals surface area contributed by atoms with Crippen LogP contribution in [0.1, 0.15) is 26.7 Å². The Labute approximate surface area is 101 Å². The molecule has 0 bridgehead atoms. The lowest BCUT2D eigenvalue weighted by molar-refractivity contribution is -0.146. The lowest BCUT2D eigenvalue weighted by Gasteiger charge is -2.40. The van der Waals surface area contributed by atoms with Crippen molar-refractivity contribution in [2.45, 2.75) is 32.7 Å². The largest absolute Gasteiger partial charge is 0.481 e. The average Bonchev–Trinajstić information content (AvgIpc) is 2.93. The van der Waals surface area contributed by atoms with Crippen LogP contribution in [0, 0.1) is 11.8 Å². The number of carbonyl (C=O) groups excluding carboxylic acids is 1. The SMILES string of the molecule is CC(C)CN(C(=O)N1CC(C(=O)O)C1)C1CC1. The van der Waals surface area contributed by atoms with Crippen molar-refractivity contribution in [2.75, 3.05) is 19.6 Å². The number of hydrogen-bond acceptors (Lipinski definition) is 2. The van der Waals surface area contributed by atoms with Gasteiger partial charge in [0.15, 0.2) is 0 Å². The van der Waals surface area contributed by atoms with Crippen molar-refractivity contribution in [1.82, 2.24) is 9.80 Å².